The van der Waals surface area contributed by atoms with Gasteiger partial charge in [0.25, 0.3) is 0 Å². The van der Waals surface area contributed by atoms with E-state index in [0.717, 1.165) is 5.56 Å². The molecule has 1 aliphatic rings. The smallest absolute Gasteiger partial charge is 0.318 e. The Morgan fingerprint density at radius 1 is 1.62 bits per heavy atom. The fourth-order valence-electron chi connectivity index (χ4n) is 1.92. The molecule has 0 bridgehead atoms. The molecular weight excluding hydrogens is 208 g/mol. The van der Waals surface area contributed by atoms with Gasteiger partial charge in [-0.15, -0.1) is 0 Å². The Bertz CT molecular complexity index is 405. The van der Waals surface area contributed by atoms with Crippen molar-refractivity contribution in [3.05, 3.63) is 30.1 Å². The summed E-state index contributed by atoms with van der Waals surface area (Å²) in [5.74, 6) is -1.72. The summed E-state index contributed by atoms with van der Waals surface area (Å²) in [4.78, 5) is 27.0. The van der Waals surface area contributed by atoms with E-state index >= 15 is 0 Å². The monoisotopic (exact) mass is 220 g/mol. The van der Waals surface area contributed by atoms with Crippen molar-refractivity contribution in [1.82, 2.24) is 10.3 Å². The van der Waals surface area contributed by atoms with Crippen LogP contribution in [-0.2, 0) is 14.3 Å². The fraction of sp³-hybridized carbons (Fsp3) is 0.364. The number of amides is 1. The first kappa shape index (κ1) is 10.6. The number of esters is 1. The predicted molar refractivity (Wildman–Crippen MR) is 55.5 cm³/mol. The average Bonchev–Trinajstić information content (AvgIpc) is 2.71. The van der Waals surface area contributed by atoms with Gasteiger partial charge in [0.05, 0.1) is 7.11 Å². The van der Waals surface area contributed by atoms with Crippen LogP contribution < -0.4 is 5.32 Å². The Morgan fingerprint density at radius 2 is 2.44 bits per heavy atom. The van der Waals surface area contributed by atoms with E-state index in [4.69, 9.17) is 0 Å². The highest BCUT2D eigenvalue weighted by Gasteiger charge is 2.41. The van der Waals surface area contributed by atoms with Gasteiger partial charge in [0.2, 0.25) is 5.91 Å². The van der Waals surface area contributed by atoms with Gasteiger partial charge in [-0.1, -0.05) is 6.07 Å². The predicted octanol–water partition coefficient (Wildman–Crippen LogP) is 0.0842. The molecule has 1 aromatic heterocycles. The van der Waals surface area contributed by atoms with Crippen LogP contribution in [0.15, 0.2) is 24.5 Å². The SMILES string of the molecule is COC(=O)[C@@H]1C(=O)NC[C@@H]1c1cccnc1. The molecule has 1 aliphatic heterocycles. The topological polar surface area (TPSA) is 68.3 Å². The third kappa shape index (κ3) is 1.76. The van der Waals surface area contributed by atoms with Crippen LogP contribution >= 0.6 is 0 Å². The molecule has 0 radical (unpaired) electrons. The number of pyridine rings is 1. The fourth-order valence-corrected chi connectivity index (χ4v) is 1.92. The first-order valence-corrected chi connectivity index (χ1v) is 4.99. The molecule has 0 aromatic carbocycles. The van der Waals surface area contributed by atoms with Gasteiger partial charge in [-0.25, -0.2) is 0 Å². The van der Waals surface area contributed by atoms with E-state index in [1.807, 2.05) is 6.07 Å². The summed E-state index contributed by atoms with van der Waals surface area (Å²) in [7, 11) is 1.29. The van der Waals surface area contributed by atoms with Crippen molar-refractivity contribution in [3.63, 3.8) is 0 Å². The lowest BCUT2D eigenvalue weighted by Crippen LogP contribution is -2.28. The molecule has 1 saturated heterocycles. The Kier molecular flexibility index (Phi) is 2.85. The van der Waals surface area contributed by atoms with Gasteiger partial charge >= 0.3 is 5.97 Å². The van der Waals surface area contributed by atoms with Crippen molar-refractivity contribution in [3.8, 4) is 0 Å². The van der Waals surface area contributed by atoms with Gasteiger partial charge in [0.15, 0.2) is 0 Å². The maximum atomic E-state index is 11.5. The normalized spacial score (nSPS) is 23.9. The molecule has 1 fully saturated rings. The van der Waals surface area contributed by atoms with Crippen LogP contribution in [0.4, 0.5) is 0 Å². The van der Waals surface area contributed by atoms with E-state index < -0.39 is 11.9 Å². The van der Waals surface area contributed by atoms with E-state index in [0.29, 0.717) is 6.54 Å². The molecule has 2 atom stereocenters. The number of ether oxygens (including phenoxy) is 1. The van der Waals surface area contributed by atoms with Crippen LogP contribution in [0, 0.1) is 5.92 Å². The molecule has 84 valence electrons. The van der Waals surface area contributed by atoms with Gasteiger partial charge < -0.3 is 10.1 Å². The minimum absolute atomic E-state index is 0.186. The maximum absolute atomic E-state index is 11.5. The van der Waals surface area contributed by atoms with Gasteiger partial charge in [-0.3, -0.25) is 14.6 Å². The summed E-state index contributed by atoms with van der Waals surface area (Å²) in [5, 5.41) is 2.67. The summed E-state index contributed by atoms with van der Waals surface area (Å²) >= 11 is 0. The van der Waals surface area contributed by atoms with E-state index in [2.05, 4.69) is 15.0 Å². The van der Waals surface area contributed by atoms with Gasteiger partial charge in [-0.2, -0.15) is 0 Å². The molecule has 1 aromatic rings. The largest absolute Gasteiger partial charge is 0.468 e. The van der Waals surface area contributed by atoms with E-state index in [1.54, 1.807) is 18.5 Å². The highest BCUT2D eigenvalue weighted by atomic mass is 16.5. The second-order valence-corrected chi connectivity index (χ2v) is 3.64. The van der Waals surface area contributed by atoms with Gasteiger partial charge in [-0.05, 0) is 11.6 Å². The van der Waals surface area contributed by atoms with Crippen LogP contribution in [0.2, 0.25) is 0 Å². The number of rotatable bonds is 2. The summed E-state index contributed by atoms with van der Waals surface area (Å²) < 4.78 is 4.64. The lowest BCUT2D eigenvalue weighted by Gasteiger charge is -2.14. The van der Waals surface area contributed by atoms with Crippen molar-refractivity contribution < 1.29 is 14.3 Å². The zero-order chi connectivity index (χ0) is 11.5. The Morgan fingerprint density at radius 3 is 3.06 bits per heavy atom. The highest BCUT2D eigenvalue weighted by molar-refractivity contribution is 6.00. The first-order chi connectivity index (χ1) is 7.74. The lowest BCUT2D eigenvalue weighted by atomic mass is 9.89. The van der Waals surface area contributed by atoms with Crippen molar-refractivity contribution in [1.29, 1.82) is 0 Å². The number of hydrogen-bond acceptors (Lipinski definition) is 4. The van der Waals surface area contributed by atoms with Crippen LogP contribution in [0.5, 0.6) is 0 Å². The van der Waals surface area contributed by atoms with E-state index in [-0.39, 0.29) is 11.8 Å². The maximum Gasteiger partial charge on any atom is 0.318 e. The molecule has 2 heterocycles. The minimum Gasteiger partial charge on any atom is -0.468 e. The number of methoxy groups -OCH3 is 1. The molecule has 0 unspecified atom stereocenters. The Balaban J connectivity index is 2.28. The highest BCUT2D eigenvalue weighted by Crippen LogP contribution is 2.29. The van der Waals surface area contributed by atoms with Gasteiger partial charge in [0.1, 0.15) is 5.92 Å². The summed E-state index contributed by atoms with van der Waals surface area (Å²) in [6.07, 6.45) is 3.32. The number of aromatic nitrogens is 1. The summed E-state index contributed by atoms with van der Waals surface area (Å²) in [6.45, 7) is 0.449. The third-order valence-corrected chi connectivity index (χ3v) is 2.75. The second-order valence-electron chi connectivity index (χ2n) is 3.64. The molecule has 1 amide bonds. The number of hydrogen-bond donors (Lipinski definition) is 1. The molecule has 0 spiro atoms. The van der Waals surface area contributed by atoms with Crippen molar-refractivity contribution in [2.45, 2.75) is 5.92 Å². The van der Waals surface area contributed by atoms with Gasteiger partial charge in [0, 0.05) is 24.9 Å². The minimum atomic E-state index is -0.755. The van der Waals surface area contributed by atoms with E-state index in [9.17, 15) is 9.59 Å². The Labute approximate surface area is 92.8 Å². The van der Waals surface area contributed by atoms with Crippen LogP contribution in [0.25, 0.3) is 0 Å². The summed E-state index contributed by atoms with van der Waals surface area (Å²) in [6, 6.07) is 3.64. The van der Waals surface area contributed by atoms with E-state index in [1.165, 1.54) is 7.11 Å². The lowest BCUT2D eigenvalue weighted by molar-refractivity contribution is -0.149. The number of nitrogens with zero attached hydrogens (tertiary/aromatic N) is 1. The van der Waals surface area contributed by atoms with Crippen LogP contribution in [-0.4, -0.2) is 30.5 Å². The first-order valence-electron chi connectivity index (χ1n) is 4.99. The zero-order valence-corrected chi connectivity index (χ0v) is 8.84. The molecule has 5 nitrogen and oxygen atoms in total. The van der Waals surface area contributed by atoms with Crippen LogP contribution in [0.3, 0.4) is 0 Å². The zero-order valence-electron chi connectivity index (χ0n) is 8.84. The number of carbonyl (C=O) groups excluding carboxylic acids is 2. The van der Waals surface area contributed by atoms with Crippen LogP contribution in [0.1, 0.15) is 11.5 Å². The number of nitrogens with one attached hydrogen (secondary N) is 1. The molecule has 0 saturated carbocycles. The third-order valence-electron chi connectivity index (χ3n) is 2.75. The van der Waals surface area contributed by atoms with Crippen molar-refractivity contribution in [2.75, 3.05) is 13.7 Å². The molecular formula is C11H12N2O3. The number of carbonyl (C=O) groups is 2. The molecule has 16 heavy (non-hydrogen) atoms. The van der Waals surface area contributed by atoms with Crippen molar-refractivity contribution in [2.24, 2.45) is 5.92 Å². The Hall–Kier alpha value is -1.91. The quantitative estimate of drug-likeness (QED) is 0.566. The molecule has 0 aliphatic carbocycles. The second kappa shape index (κ2) is 4.30. The molecule has 2 rings (SSSR count). The van der Waals surface area contributed by atoms with Crippen molar-refractivity contribution >= 4 is 11.9 Å². The summed E-state index contributed by atoms with van der Waals surface area (Å²) in [5.41, 5.74) is 0.872. The molecule has 5 heteroatoms. The average molecular weight is 220 g/mol. The standard InChI is InChI=1S/C11H12N2O3/c1-16-11(15)9-8(6-13-10(9)14)7-3-2-4-12-5-7/h2-5,8-9H,6H2,1H3,(H,13,14)/t8-,9+/m1/s1. The molecule has 1 N–H and O–H groups in total.